The van der Waals surface area contributed by atoms with Gasteiger partial charge in [-0.1, -0.05) is 6.07 Å². The summed E-state index contributed by atoms with van der Waals surface area (Å²) in [4.78, 5) is 24.3. The Hall–Kier alpha value is -3.55. The third-order valence-electron chi connectivity index (χ3n) is 5.10. The standard InChI is InChI=1S/C22H20F2N4O2/c1-12-6-7-14(25-13(2)29)10-19(12)26-22(30)21-16-4-3-5-20(16)28(27-21)15-8-9-17(23)18(24)11-15/h6-11H,3-5H2,1-2H3,(H,25,29)(H,26,30). The summed E-state index contributed by atoms with van der Waals surface area (Å²) in [5, 5.41) is 9.96. The molecule has 8 heteroatoms. The first-order valence-corrected chi connectivity index (χ1v) is 9.59. The summed E-state index contributed by atoms with van der Waals surface area (Å²) < 4.78 is 28.5. The maximum absolute atomic E-state index is 13.7. The maximum atomic E-state index is 13.7. The van der Waals surface area contributed by atoms with E-state index in [0.717, 1.165) is 35.4 Å². The lowest BCUT2D eigenvalue weighted by atomic mass is 10.1. The highest BCUT2D eigenvalue weighted by Crippen LogP contribution is 2.29. The van der Waals surface area contributed by atoms with Crippen molar-refractivity contribution in [1.82, 2.24) is 9.78 Å². The zero-order valence-corrected chi connectivity index (χ0v) is 16.6. The molecule has 0 atom stereocenters. The number of rotatable bonds is 4. The van der Waals surface area contributed by atoms with Crippen LogP contribution in [0, 0.1) is 18.6 Å². The van der Waals surface area contributed by atoms with Crippen molar-refractivity contribution in [2.24, 2.45) is 0 Å². The SMILES string of the molecule is CC(=O)Nc1ccc(C)c(NC(=O)c2nn(-c3ccc(F)c(F)c3)c3c2CCC3)c1. The van der Waals surface area contributed by atoms with E-state index in [2.05, 4.69) is 15.7 Å². The van der Waals surface area contributed by atoms with E-state index in [0.29, 0.717) is 29.9 Å². The van der Waals surface area contributed by atoms with Gasteiger partial charge in [0.15, 0.2) is 17.3 Å². The number of carbonyl (C=O) groups excluding carboxylic acids is 2. The highest BCUT2D eigenvalue weighted by Gasteiger charge is 2.27. The zero-order chi connectivity index (χ0) is 21.4. The molecule has 30 heavy (non-hydrogen) atoms. The summed E-state index contributed by atoms with van der Waals surface area (Å²) >= 11 is 0. The minimum absolute atomic E-state index is 0.209. The van der Waals surface area contributed by atoms with Gasteiger partial charge in [0, 0.05) is 35.6 Å². The molecule has 0 unspecified atom stereocenters. The van der Waals surface area contributed by atoms with Crippen LogP contribution in [-0.2, 0) is 17.6 Å². The number of carbonyl (C=O) groups is 2. The van der Waals surface area contributed by atoms with Gasteiger partial charge in [0.1, 0.15) is 0 Å². The summed E-state index contributed by atoms with van der Waals surface area (Å²) in [6.07, 6.45) is 2.24. The fourth-order valence-electron chi connectivity index (χ4n) is 3.67. The molecular weight excluding hydrogens is 390 g/mol. The summed E-state index contributed by atoms with van der Waals surface area (Å²) in [6.45, 7) is 3.25. The van der Waals surface area contributed by atoms with Gasteiger partial charge in [-0.15, -0.1) is 0 Å². The molecule has 1 aliphatic carbocycles. The second-order valence-electron chi connectivity index (χ2n) is 7.30. The third kappa shape index (κ3) is 3.68. The summed E-state index contributed by atoms with van der Waals surface area (Å²) in [5.74, 6) is -2.50. The number of benzene rings is 2. The van der Waals surface area contributed by atoms with Gasteiger partial charge in [0.05, 0.1) is 5.69 Å². The van der Waals surface area contributed by atoms with Crippen LogP contribution >= 0.6 is 0 Å². The monoisotopic (exact) mass is 410 g/mol. The molecular formula is C22H20F2N4O2. The van der Waals surface area contributed by atoms with Crippen molar-refractivity contribution < 1.29 is 18.4 Å². The molecule has 2 amide bonds. The first-order chi connectivity index (χ1) is 14.3. The second-order valence-corrected chi connectivity index (χ2v) is 7.30. The van der Waals surface area contributed by atoms with E-state index >= 15 is 0 Å². The average molecular weight is 410 g/mol. The number of nitrogens with zero attached hydrogens (tertiary/aromatic N) is 2. The van der Waals surface area contributed by atoms with Gasteiger partial charge in [-0.25, -0.2) is 13.5 Å². The summed E-state index contributed by atoms with van der Waals surface area (Å²) in [7, 11) is 0. The van der Waals surface area contributed by atoms with Gasteiger partial charge in [-0.3, -0.25) is 9.59 Å². The number of halogens is 2. The molecule has 1 aliphatic rings. The fraction of sp³-hybridized carbons (Fsp3) is 0.227. The van der Waals surface area contributed by atoms with Crippen molar-refractivity contribution in [2.45, 2.75) is 33.1 Å². The first kappa shape index (κ1) is 19.8. The predicted molar refractivity (Wildman–Crippen MR) is 109 cm³/mol. The van der Waals surface area contributed by atoms with Crippen LogP contribution in [0.2, 0.25) is 0 Å². The highest BCUT2D eigenvalue weighted by atomic mass is 19.2. The van der Waals surface area contributed by atoms with Gasteiger partial charge in [-0.2, -0.15) is 5.10 Å². The van der Waals surface area contributed by atoms with Crippen molar-refractivity contribution in [3.8, 4) is 5.69 Å². The lowest BCUT2D eigenvalue weighted by Gasteiger charge is -2.10. The Balaban J connectivity index is 1.67. The molecule has 2 aromatic carbocycles. The summed E-state index contributed by atoms with van der Waals surface area (Å²) in [6, 6.07) is 8.79. The van der Waals surface area contributed by atoms with Crippen molar-refractivity contribution in [3.05, 3.63) is 70.5 Å². The van der Waals surface area contributed by atoms with Crippen LogP contribution in [0.25, 0.3) is 5.69 Å². The number of aromatic nitrogens is 2. The predicted octanol–water partition coefficient (Wildman–Crippen LogP) is 4.16. The van der Waals surface area contributed by atoms with Crippen LogP contribution in [-0.4, -0.2) is 21.6 Å². The molecule has 2 N–H and O–H groups in total. The van der Waals surface area contributed by atoms with E-state index < -0.39 is 17.5 Å². The number of aryl methyl sites for hydroxylation is 1. The van der Waals surface area contributed by atoms with E-state index in [-0.39, 0.29) is 11.6 Å². The number of nitrogens with one attached hydrogen (secondary N) is 2. The second kappa shape index (κ2) is 7.70. The first-order valence-electron chi connectivity index (χ1n) is 9.59. The fourth-order valence-corrected chi connectivity index (χ4v) is 3.67. The number of fused-ring (bicyclic) bond motifs is 1. The molecule has 4 rings (SSSR count). The Labute approximate surface area is 171 Å². The quantitative estimate of drug-likeness (QED) is 0.678. The number of anilines is 2. The zero-order valence-electron chi connectivity index (χ0n) is 16.6. The van der Waals surface area contributed by atoms with Crippen LogP contribution in [0.15, 0.2) is 36.4 Å². The molecule has 0 aliphatic heterocycles. The molecule has 1 heterocycles. The molecule has 154 valence electrons. The normalized spacial score (nSPS) is 12.5. The minimum Gasteiger partial charge on any atom is -0.326 e. The van der Waals surface area contributed by atoms with Crippen LogP contribution < -0.4 is 10.6 Å². The number of hydrogen-bond donors (Lipinski definition) is 2. The molecule has 1 aromatic heterocycles. The minimum atomic E-state index is -0.967. The van der Waals surface area contributed by atoms with Crippen LogP contribution in [0.1, 0.15) is 40.7 Å². The van der Waals surface area contributed by atoms with Crippen molar-refractivity contribution in [3.63, 3.8) is 0 Å². The van der Waals surface area contributed by atoms with E-state index in [4.69, 9.17) is 0 Å². The molecule has 0 fully saturated rings. The molecule has 0 saturated carbocycles. The van der Waals surface area contributed by atoms with E-state index in [1.54, 1.807) is 18.2 Å². The maximum Gasteiger partial charge on any atom is 0.276 e. The molecule has 6 nitrogen and oxygen atoms in total. The Kier molecular flexibility index (Phi) is 5.07. The van der Waals surface area contributed by atoms with Gasteiger partial charge < -0.3 is 10.6 Å². The van der Waals surface area contributed by atoms with Gasteiger partial charge in [0.2, 0.25) is 5.91 Å². The Morgan fingerprint density at radius 2 is 1.83 bits per heavy atom. The number of hydrogen-bond acceptors (Lipinski definition) is 3. The van der Waals surface area contributed by atoms with Gasteiger partial charge >= 0.3 is 0 Å². The summed E-state index contributed by atoms with van der Waals surface area (Å²) in [5.41, 5.74) is 4.23. The smallest absolute Gasteiger partial charge is 0.276 e. The van der Waals surface area contributed by atoms with Crippen LogP contribution in [0.3, 0.4) is 0 Å². The molecule has 0 bridgehead atoms. The van der Waals surface area contributed by atoms with Gasteiger partial charge in [0.25, 0.3) is 5.91 Å². The molecule has 0 spiro atoms. The van der Waals surface area contributed by atoms with Gasteiger partial charge in [-0.05, 0) is 56.0 Å². The Morgan fingerprint density at radius 3 is 2.57 bits per heavy atom. The van der Waals surface area contributed by atoms with Crippen LogP contribution in [0.4, 0.5) is 20.2 Å². The van der Waals surface area contributed by atoms with Crippen molar-refractivity contribution in [1.29, 1.82) is 0 Å². The number of amides is 2. The molecule has 0 radical (unpaired) electrons. The lowest BCUT2D eigenvalue weighted by Crippen LogP contribution is -2.16. The van der Waals surface area contributed by atoms with E-state index in [1.807, 2.05) is 6.92 Å². The third-order valence-corrected chi connectivity index (χ3v) is 5.10. The van der Waals surface area contributed by atoms with Crippen molar-refractivity contribution in [2.75, 3.05) is 10.6 Å². The highest BCUT2D eigenvalue weighted by molar-refractivity contribution is 6.05. The Morgan fingerprint density at radius 1 is 1.03 bits per heavy atom. The van der Waals surface area contributed by atoms with E-state index in [9.17, 15) is 18.4 Å². The topological polar surface area (TPSA) is 76.0 Å². The Bertz CT molecular complexity index is 1170. The average Bonchev–Trinajstić information content (AvgIpc) is 3.29. The van der Waals surface area contributed by atoms with E-state index in [1.165, 1.54) is 17.7 Å². The molecule has 3 aromatic rings. The lowest BCUT2D eigenvalue weighted by molar-refractivity contribution is -0.114. The van der Waals surface area contributed by atoms with Crippen molar-refractivity contribution >= 4 is 23.2 Å². The van der Waals surface area contributed by atoms with Crippen LogP contribution in [0.5, 0.6) is 0 Å². The largest absolute Gasteiger partial charge is 0.326 e. The molecule has 0 saturated heterocycles.